The van der Waals surface area contributed by atoms with Gasteiger partial charge in [0.05, 0.1) is 15.2 Å². The van der Waals surface area contributed by atoms with Crippen LogP contribution in [0.3, 0.4) is 0 Å². The summed E-state index contributed by atoms with van der Waals surface area (Å²) in [5, 5.41) is 11.2. The van der Waals surface area contributed by atoms with Gasteiger partial charge in [-0.15, -0.1) is 0 Å². The molecule has 2 aliphatic rings. The molecule has 4 heterocycles. The first-order valence-corrected chi connectivity index (χ1v) is 13.8. The molecular formula is C24H22F3N3O6S2. The van der Waals surface area contributed by atoms with Gasteiger partial charge in [-0.25, -0.2) is 9.78 Å². The van der Waals surface area contributed by atoms with E-state index in [1.54, 1.807) is 25.1 Å². The zero-order chi connectivity index (χ0) is 27.6. The molecule has 9 nitrogen and oxygen atoms in total. The Labute approximate surface area is 219 Å². The van der Waals surface area contributed by atoms with E-state index in [2.05, 4.69) is 10.3 Å². The van der Waals surface area contributed by atoms with E-state index in [1.807, 2.05) is 0 Å². The van der Waals surface area contributed by atoms with Gasteiger partial charge in [0, 0.05) is 30.5 Å². The smallest absolute Gasteiger partial charge is 0.433 e. The lowest BCUT2D eigenvalue weighted by atomic mass is 9.87. The van der Waals surface area contributed by atoms with E-state index in [0.29, 0.717) is 11.3 Å². The highest BCUT2D eigenvalue weighted by atomic mass is 32.3. The van der Waals surface area contributed by atoms with Gasteiger partial charge in [-0.1, -0.05) is 23.0 Å². The van der Waals surface area contributed by atoms with Gasteiger partial charge in [0.1, 0.15) is 15.5 Å². The predicted molar refractivity (Wildman–Crippen MR) is 135 cm³/mol. The molecule has 2 amide bonds. The summed E-state index contributed by atoms with van der Waals surface area (Å²) in [6.07, 6.45) is -6.11. The van der Waals surface area contributed by atoms with E-state index < -0.39 is 39.2 Å². The number of hydrogen-bond donors (Lipinski definition) is 4. The maximum Gasteiger partial charge on any atom is 0.433 e. The fourth-order valence-electron chi connectivity index (χ4n) is 5.10. The van der Waals surface area contributed by atoms with Crippen LogP contribution in [0.4, 0.5) is 23.0 Å². The number of thiophene rings is 1. The zero-order valence-corrected chi connectivity index (χ0v) is 21.5. The summed E-state index contributed by atoms with van der Waals surface area (Å²) in [6, 6.07) is 6.70. The lowest BCUT2D eigenvalue weighted by molar-refractivity contribution is -0.140. The number of halogens is 3. The molecular weight excluding hydrogens is 547 g/mol. The molecule has 2 aliphatic heterocycles. The summed E-state index contributed by atoms with van der Waals surface area (Å²) in [7, 11) is -3.40. The molecule has 0 unspecified atom stereocenters. The summed E-state index contributed by atoms with van der Waals surface area (Å²) in [4.78, 5) is 42.8. The molecule has 4 N–H and O–H groups in total. The average molecular weight is 570 g/mol. The van der Waals surface area contributed by atoms with Gasteiger partial charge in [0.15, 0.2) is 5.78 Å². The summed E-state index contributed by atoms with van der Waals surface area (Å²) in [5.74, 6) is -0.843. The van der Waals surface area contributed by atoms with Crippen molar-refractivity contribution in [3.63, 3.8) is 0 Å². The lowest BCUT2D eigenvalue weighted by Gasteiger charge is -2.56. The third-order valence-corrected chi connectivity index (χ3v) is 10.8. The number of anilines is 1. The van der Waals surface area contributed by atoms with Crippen molar-refractivity contribution in [1.29, 1.82) is 0 Å². The van der Waals surface area contributed by atoms with Crippen LogP contribution in [-0.4, -0.2) is 59.7 Å². The first kappa shape index (κ1) is 26.4. The van der Waals surface area contributed by atoms with Crippen LogP contribution in [0.25, 0.3) is 10.2 Å². The van der Waals surface area contributed by atoms with Gasteiger partial charge >= 0.3 is 12.3 Å². The van der Waals surface area contributed by atoms with Gasteiger partial charge in [-0.05, 0) is 44.0 Å². The van der Waals surface area contributed by atoms with Crippen LogP contribution in [0, 0.1) is 6.92 Å². The number of ketones is 1. The van der Waals surface area contributed by atoms with Crippen molar-refractivity contribution in [3.8, 4) is 0 Å². The number of nitrogens with zero attached hydrogens (tertiary/aromatic N) is 2. The van der Waals surface area contributed by atoms with Crippen molar-refractivity contribution in [2.24, 2.45) is 0 Å². The number of carbonyl (C=O) groups excluding carboxylic acids is 2. The van der Waals surface area contributed by atoms with Gasteiger partial charge in [0.2, 0.25) is 0 Å². The molecule has 0 saturated carbocycles. The van der Waals surface area contributed by atoms with Gasteiger partial charge in [0.25, 0.3) is 5.91 Å². The summed E-state index contributed by atoms with van der Waals surface area (Å²) < 4.78 is 60.9. The minimum atomic E-state index is -4.72. The van der Waals surface area contributed by atoms with E-state index in [4.69, 9.17) is 0 Å². The molecule has 0 atom stereocenters. The molecule has 14 heteroatoms. The van der Waals surface area contributed by atoms with Crippen molar-refractivity contribution in [2.45, 2.75) is 42.0 Å². The number of Topliss-reactive ketones (excluding diaryl/α,β-unsaturated/α-hetero) is 1. The number of alkyl halides is 3. The highest BCUT2D eigenvalue weighted by molar-refractivity contribution is 8.25. The summed E-state index contributed by atoms with van der Waals surface area (Å²) in [6.45, 7) is 1.86. The van der Waals surface area contributed by atoms with E-state index >= 15 is 0 Å². The first-order valence-electron chi connectivity index (χ1n) is 11.5. The van der Waals surface area contributed by atoms with Crippen molar-refractivity contribution in [2.75, 3.05) is 18.4 Å². The number of pyridine rings is 1. The molecule has 202 valence electrons. The number of likely N-dealkylation sites (tertiary alicyclic amines) is 1. The largest absolute Gasteiger partial charge is 0.465 e. The molecule has 5 rings (SSSR count). The molecule has 2 aromatic heterocycles. The second-order valence-corrected chi connectivity index (χ2v) is 12.8. The van der Waals surface area contributed by atoms with Crippen LogP contribution < -0.4 is 5.32 Å². The van der Waals surface area contributed by atoms with Crippen molar-refractivity contribution < 1.29 is 41.8 Å². The number of amides is 2. The Morgan fingerprint density at radius 2 is 1.84 bits per heavy atom. The van der Waals surface area contributed by atoms with E-state index in [9.17, 15) is 41.8 Å². The molecule has 1 saturated heterocycles. The number of piperidine rings is 1. The van der Waals surface area contributed by atoms with Crippen LogP contribution in [0.1, 0.15) is 51.2 Å². The third-order valence-electron chi connectivity index (χ3n) is 7.07. The Morgan fingerprint density at radius 3 is 2.47 bits per heavy atom. The molecule has 1 spiro atoms. The second-order valence-electron chi connectivity index (χ2n) is 9.41. The Hall–Kier alpha value is -3.20. The minimum Gasteiger partial charge on any atom is -0.465 e. The molecule has 3 aromatic rings. The third kappa shape index (κ3) is 4.21. The number of fused-ring (bicyclic) bond motifs is 2. The van der Waals surface area contributed by atoms with E-state index in [-0.39, 0.29) is 69.4 Å². The van der Waals surface area contributed by atoms with Gasteiger partial charge in [-0.2, -0.15) is 23.8 Å². The predicted octanol–water partition coefficient (Wildman–Crippen LogP) is 6.08. The maximum absolute atomic E-state index is 13.6. The summed E-state index contributed by atoms with van der Waals surface area (Å²) in [5.41, 5.74) is -0.199. The SMILES string of the molecule is Cc1ccc2c(c1)C(=O)CC1(CCN(C(=O)c3c(NC(=O)O)sc4nc(C(F)(F)F)ccc34)CC1)S2(O)O. The van der Waals surface area contributed by atoms with Crippen molar-refractivity contribution in [1.82, 2.24) is 9.88 Å². The quantitative estimate of drug-likeness (QED) is 0.293. The van der Waals surface area contributed by atoms with E-state index in [1.165, 1.54) is 4.90 Å². The molecule has 1 aromatic carbocycles. The highest BCUT2D eigenvalue weighted by Gasteiger charge is 2.52. The molecule has 38 heavy (non-hydrogen) atoms. The van der Waals surface area contributed by atoms with Crippen molar-refractivity contribution in [3.05, 3.63) is 52.7 Å². The van der Waals surface area contributed by atoms with Crippen LogP contribution in [0.15, 0.2) is 35.2 Å². The Kier molecular flexibility index (Phi) is 6.21. The second kappa shape index (κ2) is 8.93. The average Bonchev–Trinajstić information content (AvgIpc) is 3.18. The number of nitrogens with one attached hydrogen (secondary N) is 1. The molecule has 0 bridgehead atoms. The number of aromatic nitrogens is 1. The van der Waals surface area contributed by atoms with E-state index in [0.717, 1.165) is 17.7 Å². The van der Waals surface area contributed by atoms with Crippen LogP contribution in [0.5, 0.6) is 0 Å². The van der Waals surface area contributed by atoms with Gasteiger partial charge < -0.3 is 10.0 Å². The molecule has 0 radical (unpaired) electrons. The number of carbonyl (C=O) groups is 3. The Balaban J connectivity index is 1.46. The van der Waals surface area contributed by atoms with Crippen molar-refractivity contribution >= 4 is 54.9 Å². The number of carboxylic acid groups (broad SMARTS) is 1. The standard InChI is InChI=1S/C24H22F3N3O6S2/c1-12-2-4-16-14(10-12)15(31)11-23(38(16,35)36)6-8-30(9-7-23)21(32)18-13-3-5-17(24(25,26)27)28-19(13)37-20(18)29-22(33)34/h2-5,10,29,35-36H,6-9,11H2,1H3,(H,33,34). The van der Waals surface area contributed by atoms with Crippen LogP contribution >= 0.6 is 21.9 Å². The Bertz CT molecular complexity index is 1500. The lowest BCUT2D eigenvalue weighted by Crippen LogP contribution is -2.51. The number of hydrogen-bond acceptors (Lipinski definition) is 7. The zero-order valence-electron chi connectivity index (χ0n) is 19.8. The molecule has 1 fully saturated rings. The van der Waals surface area contributed by atoms with Crippen LogP contribution in [-0.2, 0) is 6.18 Å². The minimum absolute atomic E-state index is 0.0289. The first-order chi connectivity index (χ1) is 17.7. The fourth-order valence-corrected chi connectivity index (χ4v) is 8.45. The molecule has 0 aliphatic carbocycles. The van der Waals surface area contributed by atoms with Crippen LogP contribution in [0.2, 0.25) is 0 Å². The number of rotatable bonds is 2. The van der Waals surface area contributed by atoms with Gasteiger partial charge in [-0.3, -0.25) is 24.0 Å². The number of aryl methyl sites for hydroxylation is 1. The maximum atomic E-state index is 13.6. The Morgan fingerprint density at radius 1 is 1.16 bits per heavy atom. The number of benzene rings is 1. The summed E-state index contributed by atoms with van der Waals surface area (Å²) >= 11 is 0.619. The fraction of sp³-hybridized carbons (Fsp3) is 0.333. The monoisotopic (exact) mass is 569 g/mol. The topological polar surface area (TPSA) is 140 Å². The normalized spacial score (nSPS) is 19.3. The highest BCUT2D eigenvalue weighted by Crippen LogP contribution is 2.67.